The Kier molecular flexibility index (Phi) is 8.37. The van der Waals surface area contributed by atoms with Crippen molar-refractivity contribution >= 4 is 21.6 Å². The predicted octanol–water partition coefficient (Wildman–Crippen LogP) is 3.33. The second kappa shape index (κ2) is 10.5. The van der Waals surface area contributed by atoms with E-state index in [1.54, 1.807) is 24.3 Å². The Morgan fingerprint density at radius 2 is 1.90 bits per heavy atom. The van der Waals surface area contributed by atoms with Gasteiger partial charge in [0.05, 0.1) is 11.4 Å². The van der Waals surface area contributed by atoms with Gasteiger partial charge in [-0.2, -0.15) is 5.10 Å². The van der Waals surface area contributed by atoms with Crippen molar-refractivity contribution in [3.05, 3.63) is 59.4 Å². The summed E-state index contributed by atoms with van der Waals surface area (Å²) in [4.78, 5) is 12.4. The van der Waals surface area contributed by atoms with E-state index in [0.29, 0.717) is 30.0 Å². The van der Waals surface area contributed by atoms with Crippen LogP contribution in [0.15, 0.2) is 36.9 Å². The highest BCUT2D eigenvalue weighted by Crippen LogP contribution is 2.17. The van der Waals surface area contributed by atoms with Gasteiger partial charge in [-0.3, -0.25) is 9.48 Å². The average Bonchev–Trinajstić information content (AvgIpc) is 2.92. The zero-order chi connectivity index (χ0) is 22.3. The second-order valence-electron chi connectivity index (χ2n) is 7.87. The summed E-state index contributed by atoms with van der Waals surface area (Å²) in [6.45, 7) is 12.9. The number of hydrogen-bond acceptors (Lipinski definition) is 4. The number of nitrogens with one attached hydrogen (secondary N) is 2. The van der Waals surface area contributed by atoms with Gasteiger partial charge in [-0.15, -0.1) is 6.58 Å². The fraction of sp³-hybridized carbons (Fsp3) is 0.455. The Hall–Kier alpha value is -2.45. The summed E-state index contributed by atoms with van der Waals surface area (Å²) < 4.78 is 28.3. The van der Waals surface area contributed by atoms with Gasteiger partial charge >= 0.3 is 0 Å². The van der Waals surface area contributed by atoms with Gasteiger partial charge in [0.2, 0.25) is 15.9 Å². The average molecular weight is 433 g/mol. The molecule has 1 heterocycles. The summed E-state index contributed by atoms with van der Waals surface area (Å²) in [5.74, 6) is 0.307. The smallest absolute Gasteiger partial charge is 0.224 e. The monoisotopic (exact) mass is 432 g/mol. The normalized spacial score (nSPS) is 11.6. The predicted molar refractivity (Wildman–Crippen MR) is 121 cm³/mol. The molecule has 2 rings (SSSR count). The zero-order valence-corrected chi connectivity index (χ0v) is 19.1. The zero-order valence-electron chi connectivity index (χ0n) is 18.2. The summed E-state index contributed by atoms with van der Waals surface area (Å²) in [5.41, 5.74) is 4.50. The summed E-state index contributed by atoms with van der Waals surface area (Å²) in [7, 11) is -3.40. The highest BCUT2D eigenvalue weighted by molar-refractivity contribution is 7.88. The molecule has 1 aromatic heterocycles. The van der Waals surface area contributed by atoms with Gasteiger partial charge in [-0.05, 0) is 49.4 Å². The van der Waals surface area contributed by atoms with Crippen LogP contribution in [0.4, 0.5) is 5.69 Å². The first kappa shape index (κ1) is 23.8. The molecule has 1 aromatic carbocycles. The third kappa shape index (κ3) is 7.11. The van der Waals surface area contributed by atoms with Crippen LogP contribution in [0.5, 0.6) is 0 Å². The number of aryl methyl sites for hydroxylation is 1. The number of nitrogens with zero attached hydrogens (tertiary/aromatic N) is 2. The van der Waals surface area contributed by atoms with Crippen LogP contribution in [-0.4, -0.2) is 30.7 Å². The molecule has 0 fully saturated rings. The molecule has 1 amide bonds. The van der Waals surface area contributed by atoms with Crippen LogP contribution < -0.4 is 10.0 Å². The number of hydrogen-bond donors (Lipinski definition) is 2. The Labute approximate surface area is 179 Å². The minimum Gasteiger partial charge on any atom is -0.326 e. The van der Waals surface area contributed by atoms with Gasteiger partial charge < -0.3 is 5.32 Å². The Bertz CT molecular complexity index is 977. The molecular weight excluding hydrogens is 400 g/mol. The number of anilines is 1. The molecule has 0 saturated heterocycles. The van der Waals surface area contributed by atoms with Crippen LogP contribution in [-0.2, 0) is 33.5 Å². The van der Waals surface area contributed by atoms with E-state index in [0.717, 1.165) is 23.5 Å². The first-order valence-corrected chi connectivity index (χ1v) is 11.8. The van der Waals surface area contributed by atoms with E-state index in [1.165, 1.54) is 6.08 Å². The molecule has 0 saturated carbocycles. The highest BCUT2D eigenvalue weighted by Gasteiger charge is 2.14. The molecule has 0 unspecified atom stereocenters. The van der Waals surface area contributed by atoms with Crippen molar-refractivity contribution in [3.8, 4) is 0 Å². The largest absolute Gasteiger partial charge is 0.326 e. The third-order valence-corrected chi connectivity index (χ3v) is 6.03. The first-order chi connectivity index (χ1) is 14.1. The maximum Gasteiger partial charge on any atom is 0.224 e. The Morgan fingerprint density at radius 3 is 2.50 bits per heavy atom. The number of carbonyl (C=O) groups excluding carboxylic acids is 1. The van der Waals surface area contributed by atoms with Gasteiger partial charge in [0.25, 0.3) is 0 Å². The van der Waals surface area contributed by atoms with Crippen LogP contribution in [0.25, 0.3) is 0 Å². The fourth-order valence-electron chi connectivity index (χ4n) is 3.22. The number of aromatic nitrogens is 2. The molecule has 7 nitrogen and oxygen atoms in total. The van der Waals surface area contributed by atoms with Crippen molar-refractivity contribution in [2.24, 2.45) is 5.92 Å². The van der Waals surface area contributed by atoms with Crippen LogP contribution in [0.3, 0.4) is 0 Å². The van der Waals surface area contributed by atoms with Gasteiger partial charge in [-0.25, -0.2) is 13.1 Å². The molecule has 0 spiro atoms. The van der Waals surface area contributed by atoms with Crippen molar-refractivity contribution in [1.29, 1.82) is 0 Å². The fourth-order valence-corrected chi connectivity index (χ4v) is 4.33. The molecule has 0 atom stereocenters. The molecule has 0 bridgehead atoms. The summed E-state index contributed by atoms with van der Waals surface area (Å²) in [6.07, 6.45) is 2.48. The second-order valence-corrected chi connectivity index (χ2v) is 9.67. The lowest BCUT2D eigenvalue weighted by Crippen LogP contribution is -2.25. The summed E-state index contributed by atoms with van der Waals surface area (Å²) in [6, 6.07) is 6.83. The van der Waals surface area contributed by atoms with Crippen molar-refractivity contribution in [1.82, 2.24) is 14.5 Å². The number of sulfonamides is 1. The molecule has 0 aliphatic heterocycles. The molecule has 0 aliphatic carbocycles. The topological polar surface area (TPSA) is 93.1 Å². The standard InChI is InChI=1S/C22H32N4O3S/c1-6-13-23-30(28,29)15-19-7-9-20(10-8-19)24-22(27)12-11-21-17(4)25-26(18(21)5)14-16(2)3/h6-10,16,23H,1,11-15H2,2-5H3,(H,24,27). The third-order valence-electron chi connectivity index (χ3n) is 4.71. The SMILES string of the molecule is C=CCNS(=O)(=O)Cc1ccc(NC(=O)CCc2c(C)nn(CC(C)C)c2C)cc1. The van der Waals surface area contributed by atoms with E-state index in [1.807, 2.05) is 18.5 Å². The Morgan fingerprint density at radius 1 is 1.23 bits per heavy atom. The minimum atomic E-state index is -3.40. The quantitative estimate of drug-likeness (QED) is 0.533. The van der Waals surface area contributed by atoms with Crippen LogP contribution in [0, 0.1) is 19.8 Å². The first-order valence-electron chi connectivity index (χ1n) is 10.1. The lowest BCUT2D eigenvalue weighted by atomic mass is 10.1. The summed E-state index contributed by atoms with van der Waals surface area (Å²) in [5, 5.41) is 7.46. The molecule has 0 radical (unpaired) electrons. The number of amides is 1. The van der Waals surface area contributed by atoms with Crippen molar-refractivity contribution in [2.45, 2.75) is 52.8 Å². The van der Waals surface area contributed by atoms with Gasteiger partial charge in [0.1, 0.15) is 0 Å². The molecule has 8 heteroatoms. The highest BCUT2D eigenvalue weighted by atomic mass is 32.2. The van der Waals surface area contributed by atoms with Crippen LogP contribution >= 0.6 is 0 Å². The van der Waals surface area contributed by atoms with E-state index < -0.39 is 10.0 Å². The van der Waals surface area contributed by atoms with Crippen molar-refractivity contribution in [2.75, 3.05) is 11.9 Å². The summed E-state index contributed by atoms with van der Waals surface area (Å²) >= 11 is 0. The van der Waals surface area contributed by atoms with Gasteiger partial charge in [0, 0.05) is 30.9 Å². The molecular formula is C22H32N4O3S. The van der Waals surface area contributed by atoms with Gasteiger partial charge in [0.15, 0.2) is 0 Å². The number of carbonyl (C=O) groups is 1. The van der Waals surface area contributed by atoms with Gasteiger partial charge in [-0.1, -0.05) is 32.1 Å². The lowest BCUT2D eigenvalue weighted by Gasteiger charge is -2.09. The molecule has 0 aliphatic rings. The molecule has 2 N–H and O–H groups in total. The van der Waals surface area contributed by atoms with Crippen LogP contribution in [0.2, 0.25) is 0 Å². The van der Waals surface area contributed by atoms with E-state index in [9.17, 15) is 13.2 Å². The molecule has 2 aromatic rings. The molecule has 30 heavy (non-hydrogen) atoms. The minimum absolute atomic E-state index is 0.0848. The van der Waals surface area contributed by atoms with E-state index in [4.69, 9.17) is 0 Å². The van der Waals surface area contributed by atoms with Crippen molar-refractivity contribution in [3.63, 3.8) is 0 Å². The van der Waals surface area contributed by atoms with Crippen LogP contribution in [0.1, 0.15) is 42.8 Å². The molecule has 164 valence electrons. The number of rotatable bonds is 11. The Balaban J connectivity index is 1.91. The van der Waals surface area contributed by atoms with E-state index >= 15 is 0 Å². The maximum absolute atomic E-state index is 12.4. The van der Waals surface area contributed by atoms with E-state index in [2.05, 4.69) is 35.6 Å². The van der Waals surface area contributed by atoms with E-state index in [-0.39, 0.29) is 18.2 Å². The lowest BCUT2D eigenvalue weighted by molar-refractivity contribution is -0.116. The maximum atomic E-state index is 12.4. The number of benzene rings is 1. The van der Waals surface area contributed by atoms with Crippen molar-refractivity contribution < 1.29 is 13.2 Å².